The topological polar surface area (TPSA) is 55.2 Å². The summed E-state index contributed by atoms with van der Waals surface area (Å²) in [6.45, 7) is 2.97. The molecule has 0 atom stereocenters. The smallest absolute Gasteiger partial charge is 0.153 e. The summed E-state index contributed by atoms with van der Waals surface area (Å²) in [6, 6.07) is 0. The third-order valence-corrected chi connectivity index (χ3v) is 4.15. The van der Waals surface area contributed by atoms with Gasteiger partial charge in [-0.25, -0.2) is 4.98 Å². The van der Waals surface area contributed by atoms with Crippen molar-refractivity contribution >= 4 is 29.0 Å². The van der Waals surface area contributed by atoms with E-state index in [1.165, 1.54) is 25.0 Å². The summed E-state index contributed by atoms with van der Waals surface area (Å²) in [6.07, 6.45) is 6.33. The fourth-order valence-electron chi connectivity index (χ4n) is 3.07. The first-order valence-electron chi connectivity index (χ1n) is 6.91. The quantitative estimate of drug-likeness (QED) is 0.525. The van der Waals surface area contributed by atoms with Crippen LogP contribution in [0, 0.1) is 4.64 Å². The molecular weight excluding hydrogens is 272 g/mol. The molecule has 6 heteroatoms. The molecule has 0 saturated carbocycles. The number of aromatic amines is 1. The Kier molecular flexibility index (Phi) is 3.56. The van der Waals surface area contributed by atoms with Crippen LogP contribution in [-0.2, 0) is 17.8 Å². The predicted molar refractivity (Wildman–Crippen MR) is 81.7 cm³/mol. The molecule has 0 unspecified atom stereocenters. The first-order chi connectivity index (χ1) is 9.74. The summed E-state index contributed by atoms with van der Waals surface area (Å²) >= 11 is 5.42. The number of aromatic nitrogens is 3. The largest absolute Gasteiger partial charge is 0.399 e. The van der Waals surface area contributed by atoms with Gasteiger partial charge in [-0.05, 0) is 26.2 Å². The molecular formula is C14H18N4OS. The van der Waals surface area contributed by atoms with Gasteiger partial charge in [0, 0.05) is 17.8 Å². The minimum absolute atomic E-state index is 0.651. The van der Waals surface area contributed by atoms with Crippen molar-refractivity contribution in [2.75, 3.05) is 7.11 Å². The maximum atomic E-state index is 5.42. The van der Waals surface area contributed by atoms with Crippen molar-refractivity contribution in [3.63, 3.8) is 0 Å². The molecule has 0 radical (unpaired) electrons. The molecule has 2 aromatic heterocycles. The zero-order valence-electron chi connectivity index (χ0n) is 11.8. The molecule has 1 aliphatic rings. The molecule has 0 aromatic carbocycles. The van der Waals surface area contributed by atoms with Crippen LogP contribution in [0.3, 0.4) is 0 Å². The lowest BCUT2D eigenvalue weighted by molar-refractivity contribution is 0.213. The highest BCUT2D eigenvalue weighted by atomic mass is 32.1. The van der Waals surface area contributed by atoms with Gasteiger partial charge in [-0.1, -0.05) is 23.8 Å². The maximum absolute atomic E-state index is 5.42. The second-order valence-electron chi connectivity index (χ2n) is 5.07. The van der Waals surface area contributed by atoms with E-state index in [0.717, 1.165) is 35.3 Å². The lowest BCUT2D eigenvalue weighted by Gasteiger charge is -2.06. The fourth-order valence-corrected chi connectivity index (χ4v) is 3.33. The Morgan fingerprint density at radius 1 is 1.45 bits per heavy atom. The Labute approximate surface area is 122 Å². The van der Waals surface area contributed by atoms with E-state index in [1.807, 2.05) is 6.92 Å². The van der Waals surface area contributed by atoms with Crippen molar-refractivity contribution in [1.29, 1.82) is 0 Å². The first kappa shape index (κ1) is 13.3. The second-order valence-corrected chi connectivity index (χ2v) is 5.46. The van der Waals surface area contributed by atoms with Gasteiger partial charge in [0.15, 0.2) is 4.64 Å². The fraction of sp³-hybridized carbons (Fsp3) is 0.500. The van der Waals surface area contributed by atoms with Crippen LogP contribution in [0.5, 0.6) is 0 Å². The SMILES string of the molecule is CO/N=C(/C)c1c2n(c3c(=S)nc[nH]c13)CCCCC2. The number of nitrogens with one attached hydrogen (secondary N) is 1. The number of aryl methyl sites for hydroxylation is 1. The molecule has 5 nitrogen and oxygen atoms in total. The zero-order chi connectivity index (χ0) is 14.1. The van der Waals surface area contributed by atoms with E-state index < -0.39 is 0 Å². The van der Waals surface area contributed by atoms with E-state index in [4.69, 9.17) is 17.1 Å². The van der Waals surface area contributed by atoms with Crippen LogP contribution < -0.4 is 0 Å². The first-order valence-corrected chi connectivity index (χ1v) is 7.31. The monoisotopic (exact) mass is 290 g/mol. The molecule has 2 aromatic rings. The van der Waals surface area contributed by atoms with E-state index in [0.29, 0.717) is 4.64 Å². The Bertz CT molecular complexity index is 729. The summed E-state index contributed by atoms with van der Waals surface area (Å²) in [7, 11) is 1.57. The Morgan fingerprint density at radius 3 is 3.10 bits per heavy atom. The van der Waals surface area contributed by atoms with Crippen molar-refractivity contribution in [3.05, 3.63) is 22.2 Å². The molecule has 1 N–H and O–H groups in total. The molecule has 3 rings (SSSR count). The standard InChI is InChI=1S/C14H18N4OS/c1-9(17-19-2)11-10-6-4-3-5-7-18(10)13-12(11)15-8-16-14(13)20/h8H,3-7H2,1-2H3,(H,15,16,20)/b17-9-. The van der Waals surface area contributed by atoms with Crippen LogP contribution in [0.15, 0.2) is 11.5 Å². The highest BCUT2D eigenvalue weighted by molar-refractivity contribution is 7.71. The van der Waals surface area contributed by atoms with Crippen molar-refractivity contribution in [2.45, 2.75) is 39.2 Å². The third kappa shape index (κ3) is 2.04. The second kappa shape index (κ2) is 5.36. The van der Waals surface area contributed by atoms with Gasteiger partial charge in [0.05, 0.1) is 17.6 Å². The Morgan fingerprint density at radius 2 is 2.30 bits per heavy atom. The van der Waals surface area contributed by atoms with Crippen molar-refractivity contribution in [3.8, 4) is 0 Å². The van der Waals surface area contributed by atoms with E-state index in [2.05, 4.69) is 19.7 Å². The van der Waals surface area contributed by atoms with Gasteiger partial charge in [0.1, 0.15) is 12.6 Å². The summed E-state index contributed by atoms with van der Waals surface area (Å²) in [5.74, 6) is 0. The molecule has 0 aliphatic carbocycles. The molecule has 0 bridgehead atoms. The third-order valence-electron chi connectivity index (χ3n) is 3.85. The van der Waals surface area contributed by atoms with Crippen LogP contribution in [0.2, 0.25) is 0 Å². The van der Waals surface area contributed by atoms with Gasteiger partial charge < -0.3 is 14.4 Å². The number of hydrogen-bond donors (Lipinski definition) is 1. The highest BCUT2D eigenvalue weighted by Gasteiger charge is 2.22. The molecule has 1 aliphatic heterocycles. The van der Waals surface area contributed by atoms with E-state index in [-0.39, 0.29) is 0 Å². The minimum atomic E-state index is 0.651. The van der Waals surface area contributed by atoms with E-state index >= 15 is 0 Å². The number of rotatable bonds is 2. The van der Waals surface area contributed by atoms with Gasteiger partial charge in [-0.15, -0.1) is 0 Å². The normalized spacial score (nSPS) is 16.0. The Hall–Kier alpha value is -1.69. The summed E-state index contributed by atoms with van der Waals surface area (Å²) < 4.78 is 2.97. The van der Waals surface area contributed by atoms with Gasteiger partial charge >= 0.3 is 0 Å². The number of nitrogens with zero attached hydrogens (tertiary/aromatic N) is 3. The predicted octanol–water partition coefficient (Wildman–Crippen LogP) is 3.19. The molecule has 0 saturated heterocycles. The lowest BCUT2D eigenvalue weighted by atomic mass is 10.1. The van der Waals surface area contributed by atoms with Gasteiger partial charge in [-0.2, -0.15) is 0 Å². The molecule has 0 spiro atoms. The van der Waals surface area contributed by atoms with E-state index in [9.17, 15) is 0 Å². The zero-order valence-corrected chi connectivity index (χ0v) is 12.6. The van der Waals surface area contributed by atoms with Crippen LogP contribution in [0.1, 0.15) is 37.4 Å². The van der Waals surface area contributed by atoms with E-state index in [1.54, 1.807) is 13.4 Å². The maximum Gasteiger partial charge on any atom is 0.153 e. The van der Waals surface area contributed by atoms with Crippen LogP contribution in [0.4, 0.5) is 0 Å². The molecule has 3 heterocycles. The highest BCUT2D eigenvalue weighted by Crippen LogP contribution is 2.29. The average Bonchev–Trinajstić information content (AvgIpc) is 2.58. The van der Waals surface area contributed by atoms with Gasteiger partial charge in [-0.3, -0.25) is 0 Å². The molecule has 0 amide bonds. The number of H-pyrrole nitrogens is 1. The summed E-state index contributed by atoms with van der Waals surface area (Å²) in [4.78, 5) is 12.4. The number of oxime groups is 1. The van der Waals surface area contributed by atoms with Crippen molar-refractivity contribution in [2.24, 2.45) is 5.16 Å². The van der Waals surface area contributed by atoms with Crippen LogP contribution in [0.25, 0.3) is 11.0 Å². The number of fused-ring (bicyclic) bond motifs is 3. The minimum Gasteiger partial charge on any atom is -0.399 e. The van der Waals surface area contributed by atoms with Crippen molar-refractivity contribution in [1.82, 2.24) is 14.5 Å². The van der Waals surface area contributed by atoms with Crippen LogP contribution in [-0.4, -0.2) is 27.4 Å². The number of hydrogen-bond acceptors (Lipinski definition) is 4. The molecule has 106 valence electrons. The summed E-state index contributed by atoms with van der Waals surface area (Å²) in [5, 5.41) is 4.11. The van der Waals surface area contributed by atoms with Gasteiger partial charge in [0.25, 0.3) is 0 Å². The summed E-state index contributed by atoms with van der Waals surface area (Å²) in [5.41, 5.74) is 5.36. The average molecular weight is 290 g/mol. The molecule has 20 heavy (non-hydrogen) atoms. The Balaban J connectivity index is 2.38. The lowest BCUT2D eigenvalue weighted by Crippen LogP contribution is -2.04. The molecule has 0 fully saturated rings. The van der Waals surface area contributed by atoms with Crippen LogP contribution >= 0.6 is 12.2 Å². The van der Waals surface area contributed by atoms with Crippen molar-refractivity contribution < 1.29 is 4.84 Å². The van der Waals surface area contributed by atoms with Gasteiger partial charge in [0.2, 0.25) is 0 Å².